The molecule has 1 N–H and O–H groups in total. The Morgan fingerprint density at radius 3 is 2.50 bits per heavy atom. The summed E-state index contributed by atoms with van der Waals surface area (Å²) in [5.74, 6) is 0.427. The number of amides is 2. The van der Waals surface area contributed by atoms with Gasteiger partial charge >= 0.3 is 0 Å². The van der Waals surface area contributed by atoms with Gasteiger partial charge in [0.25, 0.3) is 5.91 Å². The minimum atomic E-state index is -1.14. The molecule has 182 valence electrons. The van der Waals surface area contributed by atoms with E-state index in [1.807, 2.05) is 73.7 Å². The standard InChI is InChI=1S/C29H26ClN3O3/c1-29-27-26(21-8-4-6-10-24(21)31-27)22(20-7-3-5-9-23(20)30)16-33(29)25(34)17-32(28(29)35)15-18-11-13-19(36-2)14-12-18/h3-14,22,31H,15-17H2,1-2H3/t22?,29-/m0/s1. The number of benzene rings is 3. The molecule has 0 aliphatic carbocycles. The average molecular weight is 500 g/mol. The van der Waals surface area contributed by atoms with Crippen LogP contribution in [0, 0.1) is 0 Å². The lowest BCUT2D eigenvalue weighted by molar-refractivity contribution is -0.166. The molecule has 0 saturated carbocycles. The molecular formula is C29H26ClN3O3. The van der Waals surface area contributed by atoms with Crippen LogP contribution in [0.25, 0.3) is 10.9 Å². The first kappa shape index (κ1) is 22.7. The molecule has 0 bridgehead atoms. The number of nitrogens with one attached hydrogen (secondary N) is 1. The van der Waals surface area contributed by atoms with Crippen LogP contribution in [0.3, 0.4) is 0 Å². The summed E-state index contributed by atoms with van der Waals surface area (Å²) < 4.78 is 5.25. The molecule has 36 heavy (non-hydrogen) atoms. The van der Waals surface area contributed by atoms with E-state index in [0.717, 1.165) is 39.0 Å². The van der Waals surface area contributed by atoms with Crippen molar-refractivity contribution in [2.75, 3.05) is 20.2 Å². The predicted octanol–water partition coefficient (Wildman–Crippen LogP) is 5.06. The van der Waals surface area contributed by atoms with Crippen molar-refractivity contribution >= 4 is 34.3 Å². The van der Waals surface area contributed by atoms with Gasteiger partial charge in [0.1, 0.15) is 12.3 Å². The molecule has 2 amide bonds. The van der Waals surface area contributed by atoms with E-state index < -0.39 is 5.54 Å². The molecule has 4 aromatic rings. The van der Waals surface area contributed by atoms with Gasteiger partial charge in [-0.15, -0.1) is 0 Å². The highest BCUT2D eigenvalue weighted by molar-refractivity contribution is 6.31. The second kappa shape index (κ2) is 8.42. The summed E-state index contributed by atoms with van der Waals surface area (Å²) in [7, 11) is 1.62. The zero-order valence-corrected chi connectivity index (χ0v) is 20.9. The molecule has 2 atom stereocenters. The molecule has 1 unspecified atom stereocenters. The molecule has 3 aromatic carbocycles. The van der Waals surface area contributed by atoms with Crippen LogP contribution in [-0.4, -0.2) is 46.8 Å². The lowest BCUT2D eigenvalue weighted by Crippen LogP contribution is -2.67. The van der Waals surface area contributed by atoms with Crippen LogP contribution in [0.5, 0.6) is 5.75 Å². The van der Waals surface area contributed by atoms with Gasteiger partial charge in [0, 0.05) is 34.9 Å². The van der Waals surface area contributed by atoms with Crippen LogP contribution in [-0.2, 0) is 21.7 Å². The summed E-state index contributed by atoms with van der Waals surface area (Å²) in [5, 5.41) is 1.70. The number of H-pyrrole nitrogens is 1. The first-order valence-corrected chi connectivity index (χ1v) is 12.4. The number of hydrogen-bond donors (Lipinski definition) is 1. The summed E-state index contributed by atoms with van der Waals surface area (Å²) in [5.41, 5.74) is 3.48. The van der Waals surface area contributed by atoms with Gasteiger partial charge < -0.3 is 19.5 Å². The molecule has 1 saturated heterocycles. The zero-order valence-electron chi connectivity index (χ0n) is 20.1. The van der Waals surface area contributed by atoms with E-state index in [0.29, 0.717) is 18.1 Å². The number of hydrogen-bond acceptors (Lipinski definition) is 3. The number of piperazine rings is 1. The number of rotatable bonds is 4. The number of methoxy groups -OCH3 is 1. The second-order valence-corrected chi connectivity index (χ2v) is 10.0. The minimum Gasteiger partial charge on any atom is -0.497 e. The van der Waals surface area contributed by atoms with Crippen LogP contribution in [0.4, 0.5) is 0 Å². The fourth-order valence-electron chi connectivity index (χ4n) is 5.79. The van der Waals surface area contributed by atoms with Gasteiger partial charge in [-0.25, -0.2) is 0 Å². The van der Waals surface area contributed by atoms with Crippen molar-refractivity contribution in [1.29, 1.82) is 0 Å². The number of fused-ring (bicyclic) bond motifs is 5. The summed E-state index contributed by atoms with van der Waals surface area (Å²) >= 11 is 6.65. The normalized spacial score (nSPS) is 21.5. The Morgan fingerprint density at radius 1 is 1.03 bits per heavy atom. The quantitative estimate of drug-likeness (QED) is 0.427. The predicted molar refractivity (Wildman–Crippen MR) is 139 cm³/mol. The van der Waals surface area contributed by atoms with E-state index in [4.69, 9.17) is 16.3 Å². The number of carbonyl (C=O) groups excluding carboxylic acids is 2. The van der Waals surface area contributed by atoms with Crippen LogP contribution < -0.4 is 4.74 Å². The van der Waals surface area contributed by atoms with Crippen molar-refractivity contribution in [3.05, 3.63) is 100 Å². The lowest BCUT2D eigenvalue weighted by Gasteiger charge is -2.51. The highest BCUT2D eigenvalue weighted by Crippen LogP contribution is 2.49. The van der Waals surface area contributed by atoms with Crippen molar-refractivity contribution in [1.82, 2.24) is 14.8 Å². The maximum absolute atomic E-state index is 14.2. The molecule has 2 aliphatic heterocycles. The number of aromatic amines is 1. The van der Waals surface area contributed by atoms with Crippen molar-refractivity contribution in [2.45, 2.75) is 24.9 Å². The number of halogens is 1. The summed E-state index contributed by atoms with van der Waals surface area (Å²) in [6.07, 6.45) is 0. The maximum atomic E-state index is 14.2. The molecule has 0 radical (unpaired) electrons. The number of aromatic nitrogens is 1. The Bertz CT molecular complexity index is 1500. The first-order chi connectivity index (χ1) is 17.4. The highest BCUT2D eigenvalue weighted by Gasteiger charge is 2.56. The third-order valence-electron chi connectivity index (χ3n) is 7.63. The fraction of sp³-hybridized carbons (Fsp3) is 0.241. The maximum Gasteiger partial charge on any atom is 0.255 e. The topological polar surface area (TPSA) is 65.6 Å². The molecule has 6 nitrogen and oxygen atoms in total. The van der Waals surface area contributed by atoms with Gasteiger partial charge in [-0.2, -0.15) is 0 Å². The van der Waals surface area contributed by atoms with Gasteiger partial charge in [0.05, 0.1) is 12.8 Å². The van der Waals surface area contributed by atoms with E-state index in [2.05, 4.69) is 11.1 Å². The SMILES string of the molecule is COc1ccc(CN2CC(=O)N3CC(c4ccccc4Cl)c4c([nH]c5ccccc45)[C@@]3(C)C2=O)cc1. The van der Waals surface area contributed by atoms with Crippen LogP contribution in [0.15, 0.2) is 72.8 Å². The molecule has 3 heterocycles. The van der Waals surface area contributed by atoms with Crippen LogP contribution in [0.2, 0.25) is 5.02 Å². The van der Waals surface area contributed by atoms with Gasteiger partial charge in [-0.05, 0) is 47.9 Å². The number of ether oxygens (including phenoxy) is 1. The Morgan fingerprint density at radius 2 is 1.75 bits per heavy atom. The molecule has 6 rings (SSSR count). The van der Waals surface area contributed by atoms with Gasteiger partial charge in [-0.1, -0.05) is 60.1 Å². The number of carbonyl (C=O) groups is 2. The molecular weight excluding hydrogens is 474 g/mol. The average Bonchev–Trinajstić information content (AvgIpc) is 3.29. The van der Waals surface area contributed by atoms with Crippen molar-refractivity contribution in [3.63, 3.8) is 0 Å². The van der Waals surface area contributed by atoms with E-state index in [1.54, 1.807) is 16.9 Å². The van der Waals surface area contributed by atoms with Crippen molar-refractivity contribution < 1.29 is 14.3 Å². The summed E-state index contributed by atoms with van der Waals surface area (Å²) in [6.45, 7) is 2.63. The second-order valence-electron chi connectivity index (χ2n) is 9.62. The van der Waals surface area contributed by atoms with E-state index in [9.17, 15) is 9.59 Å². The lowest BCUT2D eigenvalue weighted by atomic mass is 9.76. The molecule has 1 fully saturated rings. The third-order valence-corrected chi connectivity index (χ3v) is 7.97. The van der Waals surface area contributed by atoms with E-state index in [-0.39, 0.29) is 24.3 Å². The Kier molecular flexibility index (Phi) is 5.30. The monoisotopic (exact) mass is 499 g/mol. The highest BCUT2D eigenvalue weighted by atomic mass is 35.5. The first-order valence-electron chi connectivity index (χ1n) is 12.0. The summed E-state index contributed by atoms with van der Waals surface area (Å²) in [6, 6.07) is 23.4. The van der Waals surface area contributed by atoms with Crippen molar-refractivity contribution in [3.8, 4) is 5.75 Å². The van der Waals surface area contributed by atoms with E-state index >= 15 is 0 Å². The van der Waals surface area contributed by atoms with Gasteiger partial charge in [0.2, 0.25) is 5.91 Å². The third kappa shape index (κ3) is 3.32. The Balaban J connectivity index is 1.48. The van der Waals surface area contributed by atoms with Crippen LogP contribution >= 0.6 is 11.6 Å². The van der Waals surface area contributed by atoms with Crippen molar-refractivity contribution in [2.24, 2.45) is 0 Å². The number of para-hydroxylation sites is 1. The van der Waals surface area contributed by atoms with E-state index in [1.165, 1.54) is 0 Å². The van der Waals surface area contributed by atoms with Crippen LogP contribution in [0.1, 0.15) is 35.2 Å². The largest absolute Gasteiger partial charge is 0.497 e. The molecule has 0 spiro atoms. The number of nitrogens with zero attached hydrogens (tertiary/aromatic N) is 2. The summed E-state index contributed by atoms with van der Waals surface area (Å²) in [4.78, 5) is 34.7. The van der Waals surface area contributed by atoms with Gasteiger partial charge in [-0.3, -0.25) is 9.59 Å². The zero-order chi connectivity index (χ0) is 25.0. The Labute approximate surface area is 214 Å². The minimum absolute atomic E-state index is 0.0330. The molecule has 7 heteroatoms. The van der Waals surface area contributed by atoms with Gasteiger partial charge in [0.15, 0.2) is 5.54 Å². The molecule has 1 aromatic heterocycles. The Hall–Kier alpha value is -3.77. The molecule has 2 aliphatic rings. The fourth-order valence-corrected chi connectivity index (χ4v) is 6.06. The smallest absolute Gasteiger partial charge is 0.255 e.